The number of hydrogen-bond donors (Lipinski definition) is 0. The van der Waals surface area contributed by atoms with Crippen molar-refractivity contribution >= 4 is 23.1 Å². The average molecular weight is 332 g/mol. The molecule has 23 heavy (non-hydrogen) atoms. The Morgan fingerprint density at radius 3 is 2.65 bits per heavy atom. The Bertz CT molecular complexity index is 555. The van der Waals surface area contributed by atoms with E-state index in [2.05, 4.69) is 29.0 Å². The normalized spacial score (nSPS) is 20.7. The minimum atomic E-state index is -0.288. The van der Waals surface area contributed by atoms with Gasteiger partial charge in [-0.1, -0.05) is 31.4 Å². The molecule has 0 bridgehead atoms. The van der Waals surface area contributed by atoms with Crippen molar-refractivity contribution in [2.45, 2.75) is 63.7 Å². The maximum Gasteiger partial charge on any atom is 0.149 e. The van der Waals surface area contributed by atoms with Gasteiger partial charge in [-0.25, -0.2) is 4.39 Å². The zero-order valence-electron chi connectivity index (χ0n) is 13.8. The summed E-state index contributed by atoms with van der Waals surface area (Å²) < 4.78 is 14.0. The molecule has 1 fully saturated rings. The van der Waals surface area contributed by atoms with Gasteiger partial charge in [0.1, 0.15) is 11.5 Å². The Labute approximate surface area is 144 Å². The van der Waals surface area contributed by atoms with Crippen LogP contribution >= 0.6 is 12.2 Å². The third-order valence-corrected chi connectivity index (χ3v) is 5.07. The highest BCUT2D eigenvalue weighted by atomic mass is 32.1. The molecule has 0 unspecified atom stereocenters. The van der Waals surface area contributed by atoms with Gasteiger partial charge in [0, 0.05) is 0 Å². The molecule has 1 nitrogen and oxygen atoms in total. The lowest BCUT2D eigenvalue weighted by molar-refractivity contribution is 0.302. The van der Waals surface area contributed by atoms with Crippen molar-refractivity contribution in [3.8, 4) is 0 Å². The fraction of sp³-hybridized carbons (Fsp3) is 0.550. The van der Waals surface area contributed by atoms with Crippen LogP contribution < -0.4 is 0 Å². The van der Waals surface area contributed by atoms with Crippen molar-refractivity contribution in [1.29, 1.82) is 0 Å². The van der Waals surface area contributed by atoms with Crippen LogP contribution in [0.4, 0.5) is 10.1 Å². The van der Waals surface area contributed by atoms with E-state index in [4.69, 9.17) is 0 Å². The van der Waals surface area contributed by atoms with Gasteiger partial charge >= 0.3 is 0 Å². The summed E-state index contributed by atoms with van der Waals surface area (Å²) in [5.74, 6) is 1.06. The molecule has 1 aliphatic rings. The highest BCUT2D eigenvalue weighted by Gasteiger charge is 2.22. The minimum Gasteiger partial charge on any atom is -0.205 e. The highest BCUT2D eigenvalue weighted by molar-refractivity contribution is 7.78. The number of hydrogen-bond acceptors (Lipinski definition) is 2. The lowest BCUT2D eigenvalue weighted by Gasteiger charge is -2.29. The van der Waals surface area contributed by atoms with Crippen molar-refractivity contribution in [3.63, 3.8) is 0 Å². The Hall–Kier alpha value is -1.31. The summed E-state index contributed by atoms with van der Waals surface area (Å²) in [5, 5.41) is 2.22. The molecule has 1 aromatic rings. The first kappa shape index (κ1) is 18.0. The number of benzene rings is 1. The van der Waals surface area contributed by atoms with Gasteiger partial charge in [-0.15, -0.1) is 6.58 Å². The number of isothiocyanates is 1. The molecule has 1 aliphatic carbocycles. The van der Waals surface area contributed by atoms with Crippen molar-refractivity contribution in [2.75, 3.05) is 0 Å². The van der Waals surface area contributed by atoms with Crippen LogP contribution in [0, 0.1) is 11.7 Å². The van der Waals surface area contributed by atoms with Crippen LogP contribution in [0.3, 0.4) is 0 Å². The van der Waals surface area contributed by atoms with Gasteiger partial charge in [0.25, 0.3) is 0 Å². The second kappa shape index (κ2) is 9.75. The quantitative estimate of drug-likeness (QED) is 0.217. The fourth-order valence-electron chi connectivity index (χ4n) is 3.60. The number of aliphatic imine (C=N–C) groups is 1. The van der Waals surface area contributed by atoms with Crippen LogP contribution in [0.2, 0.25) is 0 Å². The number of rotatable bonds is 8. The molecular weight excluding hydrogens is 305 g/mol. The molecule has 0 radical (unpaired) electrons. The molecule has 0 N–H and O–H groups in total. The largest absolute Gasteiger partial charge is 0.205 e. The van der Waals surface area contributed by atoms with Gasteiger partial charge in [0.15, 0.2) is 0 Å². The molecule has 1 aromatic carbocycles. The lowest BCUT2D eigenvalue weighted by atomic mass is 9.77. The highest BCUT2D eigenvalue weighted by Crippen LogP contribution is 2.38. The van der Waals surface area contributed by atoms with Gasteiger partial charge in [-0.2, -0.15) is 4.99 Å². The smallest absolute Gasteiger partial charge is 0.149 e. The van der Waals surface area contributed by atoms with Gasteiger partial charge in [-0.3, -0.25) is 0 Å². The fourth-order valence-corrected chi connectivity index (χ4v) is 3.70. The Balaban J connectivity index is 1.79. The van der Waals surface area contributed by atoms with Crippen LogP contribution in [0.1, 0.15) is 69.3 Å². The standard InChI is InChI=1S/C20H26FNS/c1-2-3-4-5-6-7-16-8-10-17(11-9-16)18-12-13-20(22-15-23)19(21)14-18/h2,12-14,16-17H,1,3-11H2/t16-,17-. The molecule has 0 atom stereocenters. The van der Waals surface area contributed by atoms with Crippen molar-refractivity contribution in [2.24, 2.45) is 10.9 Å². The van der Waals surface area contributed by atoms with Crippen LogP contribution in [-0.2, 0) is 0 Å². The maximum atomic E-state index is 14.0. The average Bonchev–Trinajstić information content (AvgIpc) is 2.57. The number of halogens is 1. The van der Waals surface area contributed by atoms with E-state index in [0.717, 1.165) is 17.9 Å². The summed E-state index contributed by atoms with van der Waals surface area (Å²) in [6.07, 6.45) is 13.3. The third kappa shape index (κ3) is 5.67. The molecule has 0 spiro atoms. The summed E-state index contributed by atoms with van der Waals surface area (Å²) in [7, 11) is 0. The van der Waals surface area contributed by atoms with E-state index < -0.39 is 0 Å². The van der Waals surface area contributed by atoms with Crippen molar-refractivity contribution in [3.05, 3.63) is 42.2 Å². The van der Waals surface area contributed by atoms with Crippen molar-refractivity contribution in [1.82, 2.24) is 0 Å². The summed E-state index contributed by atoms with van der Waals surface area (Å²) in [6, 6.07) is 5.34. The predicted molar refractivity (Wildman–Crippen MR) is 99.1 cm³/mol. The zero-order chi connectivity index (χ0) is 16.5. The number of allylic oxidation sites excluding steroid dienone is 1. The number of nitrogens with zero attached hydrogens (tertiary/aromatic N) is 1. The van der Waals surface area contributed by atoms with E-state index in [0.29, 0.717) is 5.92 Å². The molecule has 1 saturated carbocycles. The van der Waals surface area contributed by atoms with E-state index in [1.807, 2.05) is 12.1 Å². The topological polar surface area (TPSA) is 12.4 Å². The zero-order valence-corrected chi connectivity index (χ0v) is 14.6. The van der Waals surface area contributed by atoms with Gasteiger partial charge in [-0.05, 0) is 80.3 Å². The summed E-state index contributed by atoms with van der Waals surface area (Å²) in [5.41, 5.74) is 1.40. The molecule has 3 heteroatoms. The maximum absolute atomic E-state index is 14.0. The second-order valence-electron chi connectivity index (χ2n) is 6.56. The van der Waals surface area contributed by atoms with E-state index in [1.54, 1.807) is 12.1 Å². The molecule has 124 valence electrons. The van der Waals surface area contributed by atoms with Gasteiger partial charge < -0.3 is 0 Å². The summed E-state index contributed by atoms with van der Waals surface area (Å²) in [6.45, 7) is 3.77. The first-order valence-corrected chi connectivity index (χ1v) is 9.13. The summed E-state index contributed by atoms with van der Waals surface area (Å²) in [4.78, 5) is 3.74. The molecule has 0 heterocycles. The molecule has 0 amide bonds. The second-order valence-corrected chi connectivity index (χ2v) is 6.74. The van der Waals surface area contributed by atoms with Gasteiger partial charge in [0.05, 0.1) is 5.16 Å². The van der Waals surface area contributed by atoms with E-state index in [9.17, 15) is 4.39 Å². The predicted octanol–water partition coefficient (Wildman–Crippen LogP) is 6.97. The monoisotopic (exact) mass is 331 g/mol. The van der Waals surface area contributed by atoms with E-state index in [-0.39, 0.29) is 11.5 Å². The number of thiocarbonyl (C=S) groups is 1. The van der Waals surface area contributed by atoms with Crippen LogP contribution in [0.15, 0.2) is 35.8 Å². The third-order valence-electron chi connectivity index (χ3n) is 4.98. The molecular formula is C20H26FNS. The van der Waals surface area contributed by atoms with Crippen LogP contribution in [-0.4, -0.2) is 5.16 Å². The first-order valence-electron chi connectivity index (χ1n) is 8.72. The van der Waals surface area contributed by atoms with E-state index in [1.165, 1.54) is 51.4 Å². The molecule has 0 aliphatic heterocycles. The van der Waals surface area contributed by atoms with E-state index >= 15 is 0 Å². The number of unbranched alkanes of at least 4 members (excludes halogenated alkanes) is 3. The first-order chi connectivity index (χ1) is 11.2. The minimum absolute atomic E-state index is 0.288. The van der Waals surface area contributed by atoms with Gasteiger partial charge in [0.2, 0.25) is 0 Å². The summed E-state index contributed by atoms with van der Waals surface area (Å²) >= 11 is 4.53. The Morgan fingerprint density at radius 2 is 2.00 bits per heavy atom. The van der Waals surface area contributed by atoms with Crippen molar-refractivity contribution < 1.29 is 4.39 Å². The molecule has 2 rings (SSSR count). The lowest BCUT2D eigenvalue weighted by Crippen LogP contribution is -2.13. The van der Waals surface area contributed by atoms with Crippen LogP contribution in [0.5, 0.6) is 0 Å². The molecule has 0 aromatic heterocycles. The Morgan fingerprint density at radius 1 is 1.22 bits per heavy atom. The van der Waals surface area contributed by atoms with Crippen LogP contribution in [0.25, 0.3) is 0 Å². The molecule has 0 saturated heterocycles. The Kier molecular flexibility index (Phi) is 7.64. The SMILES string of the molecule is C=CCCCCC[C@H]1CC[C@H](c2ccc(N=C=S)c(F)c2)CC1.